The number of anilines is 2. The van der Waals surface area contributed by atoms with Crippen LogP contribution in [-0.2, 0) is 16.2 Å². The first-order valence-electron chi connectivity index (χ1n) is 9.03. The summed E-state index contributed by atoms with van der Waals surface area (Å²) in [4.78, 5) is -0.146. The summed E-state index contributed by atoms with van der Waals surface area (Å²) in [6.45, 7) is 0. The molecule has 0 aliphatic heterocycles. The van der Waals surface area contributed by atoms with Gasteiger partial charge in [-0.05, 0) is 54.6 Å². The number of ether oxygens (including phenoxy) is 1. The van der Waals surface area contributed by atoms with Crippen molar-refractivity contribution >= 4 is 39.0 Å². The Labute approximate surface area is 187 Å². The third kappa shape index (κ3) is 5.92. The Balaban J connectivity index is 2.03. The summed E-state index contributed by atoms with van der Waals surface area (Å²) >= 11 is 5.81. The molecule has 0 atom stereocenters. The molecule has 0 heterocycles. The molecular formula is C21H17ClF3N3O3S. The average Bonchev–Trinajstić information content (AvgIpc) is 2.74. The van der Waals surface area contributed by atoms with E-state index in [-0.39, 0.29) is 16.5 Å². The van der Waals surface area contributed by atoms with Crippen molar-refractivity contribution in [3.63, 3.8) is 0 Å². The van der Waals surface area contributed by atoms with E-state index < -0.39 is 21.8 Å². The molecule has 168 valence electrons. The maximum absolute atomic E-state index is 13.1. The van der Waals surface area contributed by atoms with Gasteiger partial charge in [0, 0.05) is 10.7 Å². The van der Waals surface area contributed by atoms with E-state index in [0.29, 0.717) is 16.5 Å². The predicted molar refractivity (Wildman–Crippen MR) is 118 cm³/mol. The number of benzene rings is 3. The van der Waals surface area contributed by atoms with Crippen LogP contribution < -0.4 is 15.4 Å². The zero-order valence-electron chi connectivity index (χ0n) is 16.5. The van der Waals surface area contributed by atoms with E-state index in [4.69, 9.17) is 16.3 Å². The standard InChI is InChI=1S/C21H17ClF3N3O3S/c1-31-19-8-3-2-7-18(19)27-20(26-16-6-4-5-14(13-16)21(23,24)25)28-32(29,30)17-11-9-15(22)10-12-17/h2-13H,1H3,(H2,26,27,28). The Morgan fingerprint density at radius 1 is 0.969 bits per heavy atom. The van der Waals surface area contributed by atoms with Crippen molar-refractivity contribution in [1.82, 2.24) is 0 Å². The highest BCUT2D eigenvalue weighted by molar-refractivity contribution is 7.90. The molecule has 6 nitrogen and oxygen atoms in total. The molecule has 0 saturated carbocycles. The van der Waals surface area contributed by atoms with Crippen LogP contribution in [0.1, 0.15) is 5.56 Å². The van der Waals surface area contributed by atoms with E-state index in [1.165, 1.54) is 43.5 Å². The lowest BCUT2D eigenvalue weighted by molar-refractivity contribution is -0.137. The number of nitrogens with zero attached hydrogens (tertiary/aromatic N) is 1. The highest BCUT2D eigenvalue weighted by Crippen LogP contribution is 2.31. The average molecular weight is 484 g/mol. The van der Waals surface area contributed by atoms with E-state index in [1.807, 2.05) is 0 Å². The Bertz CT molecular complexity index is 1230. The summed E-state index contributed by atoms with van der Waals surface area (Å²) in [5.74, 6) is 0.0405. The van der Waals surface area contributed by atoms with Crippen LogP contribution in [0.2, 0.25) is 5.02 Å². The third-order valence-corrected chi connectivity index (χ3v) is 5.68. The molecule has 2 N–H and O–H groups in total. The molecular weight excluding hydrogens is 467 g/mol. The van der Waals surface area contributed by atoms with E-state index in [2.05, 4.69) is 15.0 Å². The molecule has 0 radical (unpaired) electrons. The van der Waals surface area contributed by atoms with Gasteiger partial charge in [-0.15, -0.1) is 4.40 Å². The topological polar surface area (TPSA) is 79.8 Å². The Morgan fingerprint density at radius 2 is 1.66 bits per heavy atom. The number of para-hydroxylation sites is 2. The van der Waals surface area contributed by atoms with Crippen LogP contribution in [0.15, 0.2) is 82.1 Å². The van der Waals surface area contributed by atoms with Gasteiger partial charge in [0.1, 0.15) is 5.75 Å². The molecule has 32 heavy (non-hydrogen) atoms. The van der Waals surface area contributed by atoms with Crippen molar-refractivity contribution in [3.8, 4) is 5.75 Å². The molecule has 0 spiro atoms. The predicted octanol–water partition coefficient (Wildman–Crippen LogP) is 5.64. The summed E-state index contributed by atoms with van der Waals surface area (Å²) in [5.41, 5.74) is -0.577. The minimum Gasteiger partial charge on any atom is -0.495 e. The first kappa shape index (κ1) is 23.4. The van der Waals surface area contributed by atoms with Crippen molar-refractivity contribution in [2.24, 2.45) is 4.40 Å². The largest absolute Gasteiger partial charge is 0.495 e. The fourth-order valence-corrected chi connectivity index (χ4v) is 3.68. The molecule has 11 heteroatoms. The number of nitrogens with one attached hydrogen (secondary N) is 2. The maximum atomic E-state index is 13.1. The second-order valence-electron chi connectivity index (χ2n) is 6.40. The third-order valence-electron chi connectivity index (χ3n) is 4.14. The molecule has 3 aromatic rings. The van der Waals surface area contributed by atoms with Gasteiger partial charge in [-0.2, -0.15) is 21.6 Å². The minimum absolute atomic E-state index is 0.0210. The first-order valence-corrected chi connectivity index (χ1v) is 10.9. The molecule has 0 amide bonds. The molecule has 0 aliphatic carbocycles. The Morgan fingerprint density at radius 3 is 2.31 bits per heavy atom. The summed E-state index contributed by atoms with van der Waals surface area (Å²) in [7, 11) is -2.81. The minimum atomic E-state index is -4.57. The van der Waals surface area contributed by atoms with Gasteiger partial charge in [-0.3, -0.25) is 0 Å². The van der Waals surface area contributed by atoms with Crippen LogP contribution in [0, 0.1) is 0 Å². The number of methoxy groups -OCH3 is 1. The number of hydrogen-bond donors (Lipinski definition) is 2. The molecule has 0 aliphatic rings. The van der Waals surface area contributed by atoms with Crippen LogP contribution in [0.5, 0.6) is 5.75 Å². The smallest absolute Gasteiger partial charge is 0.416 e. The van der Waals surface area contributed by atoms with Crippen molar-refractivity contribution in [3.05, 3.63) is 83.4 Å². The number of sulfonamides is 1. The fraction of sp³-hybridized carbons (Fsp3) is 0.0952. The summed E-state index contributed by atoms with van der Waals surface area (Å²) in [5, 5.41) is 5.71. The zero-order valence-corrected chi connectivity index (χ0v) is 18.1. The van der Waals surface area contributed by atoms with Gasteiger partial charge in [0.15, 0.2) is 0 Å². The number of rotatable bonds is 5. The number of alkyl halides is 3. The normalized spacial score (nSPS) is 12.3. The van der Waals surface area contributed by atoms with Gasteiger partial charge < -0.3 is 15.4 Å². The van der Waals surface area contributed by atoms with E-state index >= 15 is 0 Å². The number of halogens is 4. The summed E-state index contributed by atoms with van der Waals surface area (Å²) < 4.78 is 73.8. The molecule has 0 saturated heterocycles. The lowest BCUT2D eigenvalue weighted by Gasteiger charge is -2.16. The summed E-state index contributed by atoms with van der Waals surface area (Å²) in [6, 6.07) is 16.2. The van der Waals surface area contributed by atoms with Gasteiger partial charge in [0.05, 0.1) is 23.3 Å². The van der Waals surface area contributed by atoms with Crippen LogP contribution >= 0.6 is 11.6 Å². The van der Waals surface area contributed by atoms with Crippen LogP contribution in [0.3, 0.4) is 0 Å². The van der Waals surface area contributed by atoms with Crippen LogP contribution in [0.4, 0.5) is 24.5 Å². The lowest BCUT2D eigenvalue weighted by Crippen LogP contribution is -2.24. The van der Waals surface area contributed by atoms with Crippen molar-refractivity contribution in [2.45, 2.75) is 11.1 Å². The fourth-order valence-electron chi connectivity index (χ4n) is 2.64. The van der Waals surface area contributed by atoms with Crippen molar-refractivity contribution in [1.29, 1.82) is 0 Å². The van der Waals surface area contributed by atoms with Crippen molar-refractivity contribution < 1.29 is 26.3 Å². The van der Waals surface area contributed by atoms with Gasteiger partial charge >= 0.3 is 6.18 Å². The van der Waals surface area contributed by atoms with Gasteiger partial charge in [-0.1, -0.05) is 29.8 Å². The Hall–Kier alpha value is -3.24. The molecule has 0 fully saturated rings. The molecule has 3 aromatic carbocycles. The van der Waals surface area contributed by atoms with Crippen LogP contribution in [-0.4, -0.2) is 21.5 Å². The van der Waals surface area contributed by atoms with Gasteiger partial charge in [0.2, 0.25) is 5.96 Å². The first-order chi connectivity index (χ1) is 15.1. The molecule has 0 aromatic heterocycles. The molecule has 3 rings (SSSR count). The van der Waals surface area contributed by atoms with Crippen molar-refractivity contribution in [2.75, 3.05) is 17.7 Å². The van der Waals surface area contributed by atoms with Crippen LogP contribution in [0.25, 0.3) is 0 Å². The highest BCUT2D eigenvalue weighted by Gasteiger charge is 2.30. The van der Waals surface area contributed by atoms with Gasteiger partial charge in [0.25, 0.3) is 10.0 Å². The zero-order chi connectivity index (χ0) is 23.4. The monoisotopic (exact) mass is 483 g/mol. The van der Waals surface area contributed by atoms with E-state index in [0.717, 1.165) is 12.1 Å². The lowest BCUT2D eigenvalue weighted by atomic mass is 10.2. The quantitative estimate of drug-likeness (QED) is 0.363. The maximum Gasteiger partial charge on any atom is 0.416 e. The molecule has 0 unspecified atom stereocenters. The van der Waals surface area contributed by atoms with Gasteiger partial charge in [-0.25, -0.2) is 0 Å². The second-order valence-corrected chi connectivity index (χ2v) is 8.44. The highest BCUT2D eigenvalue weighted by atomic mass is 35.5. The summed E-state index contributed by atoms with van der Waals surface area (Å²) in [6.07, 6.45) is -4.57. The van der Waals surface area contributed by atoms with E-state index in [9.17, 15) is 21.6 Å². The Kier molecular flexibility index (Phi) is 6.95. The number of guanidine groups is 1. The van der Waals surface area contributed by atoms with E-state index in [1.54, 1.807) is 24.3 Å². The molecule has 0 bridgehead atoms. The SMILES string of the molecule is COc1ccccc1NC(=NS(=O)(=O)c1ccc(Cl)cc1)Nc1cccc(C(F)(F)F)c1. The second kappa shape index (κ2) is 9.49. The number of hydrogen-bond acceptors (Lipinski definition) is 3.